The first-order chi connectivity index (χ1) is 7.13. The molecule has 0 heterocycles. The van der Waals surface area contributed by atoms with Gasteiger partial charge in [-0.3, -0.25) is 0 Å². The van der Waals surface area contributed by atoms with E-state index in [-0.39, 0.29) is 6.61 Å². The normalized spacial score (nSPS) is 12.7. The Morgan fingerprint density at radius 1 is 1.53 bits per heavy atom. The monoisotopic (exact) mass is 245 g/mol. The molecule has 3 N–H and O–H groups in total. The summed E-state index contributed by atoms with van der Waals surface area (Å²) >= 11 is 7.84. The second kappa shape index (κ2) is 6.26. The van der Waals surface area contributed by atoms with Gasteiger partial charge in [0.1, 0.15) is 0 Å². The average Bonchev–Trinajstić information content (AvgIpc) is 2.17. The predicted molar refractivity (Wildman–Crippen MR) is 68.3 cm³/mol. The van der Waals surface area contributed by atoms with Gasteiger partial charge in [0.15, 0.2) is 0 Å². The van der Waals surface area contributed by atoms with Crippen LogP contribution >= 0.6 is 23.4 Å². The summed E-state index contributed by atoms with van der Waals surface area (Å²) in [5.41, 5.74) is 7.40. The van der Waals surface area contributed by atoms with E-state index in [0.29, 0.717) is 10.9 Å². The molecule has 0 fully saturated rings. The number of benzene rings is 1. The number of thioether (sulfide) groups is 1. The fourth-order valence-corrected chi connectivity index (χ4v) is 2.50. The third-order valence-corrected chi connectivity index (χ3v) is 3.77. The van der Waals surface area contributed by atoms with Crippen LogP contribution in [0.1, 0.15) is 18.9 Å². The van der Waals surface area contributed by atoms with E-state index in [0.717, 1.165) is 22.8 Å². The lowest BCUT2D eigenvalue weighted by molar-refractivity contribution is 0.289. The molecular formula is C11H16ClNOS. The standard InChI is InChI=1S/C11H16ClNOS/c1-8(4-5-14)15-7-9-2-3-10(13)6-11(9)12/h2-3,6,8,14H,4-5,7,13H2,1H3. The third kappa shape index (κ3) is 4.33. The summed E-state index contributed by atoms with van der Waals surface area (Å²) in [5, 5.41) is 9.94. The van der Waals surface area contributed by atoms with Crippen molar-refractivity contribution < 1.29 is 5.11 Å². The smallest absolute Gasteiger partial charge is 0.0466 e. The van der Waals surface area contributed by atoms with Gasteiger partial charge in [0.25, 0.3) is 0 Å². The van der Waals surface area contributed by atoms with Crippen molar-refractivity contribution >= 4 is 29.1 Å². The van der Waals surface area contributed by atoms with Crippen LogP contribution in [-0.2, 0) is 5.75 Å². The number of rotatable bonds is 5. The summed E-state index contributed by atoms with van der Waals surface area (Å²) in [7, 11) is 0. The van der Waals surface area contributed by atoms with E-state index in [1.807, 2.05) is 12.1 Å². The van der Waals surface area contributed by atoms with Gasteiger partial charge < -0.3 is 10.8 Å². The number of halogens is 1. The molecule has 15 heavy (non-hydrogen) atoms. The first-order valence-corrected chi connectivity index (χ1v) is 6.32. The zero-order chi connectivity index (χ0) is 11.3. The number of aliphatic hydroxyl groups excluding tert-OH is 1. The molecule has 0 bridgehead atoms. The van der Waals surface area contributed by atoms with Gasteiger partial charge in [-0.25, -0.2) is 0 Å². The summed E-state index contributed by atoms with van der Waals surface area (Å²) in [5.74, 6) is 0.861. The summed E-state index contributed by atoms with van der Waals surface area (Å²) in [6.45, 7) is 2.34. The summed E-state index contributed by atoms with van der Waals surface area (Å²) in [6.07, 6.45) is 0.817. The van der Waals surface area contributed by atoms with E-state index in [1.54, 1.807) is 17.8 Å². The van der Waals surface area contributed by atoms with Crippen LogP contribution in [0.15, 0.2) is 18.2 Å². The van der Waals surface area contributed by atoms with Gasteiger partial charge in [0, 0.05) is 28.3 Å². The lowest BCUT2D eigenvalue weighted by Crippen LogP contribution is -2.00. The van der Waals surface area contributed by atoms with Crippen LogP contribution in [0.2, 0.25) is 5.02 Å². The van der Waals surface area contributed by atoms with Crippen LogP contribution in [-0.4, -0.2) is 17.0 Å². The van der Waals surface area contributed by atoms with E-state index in [4.69, 9.17) is 22.4 Å². The Hall–Kier alpha value is -0.380. The molecule has 1 aromatic carbocycles. The molecule has 0 saturated heterocycles. The van der Waals surface area contributed by atoms with Crippen molar-refractivity contribution in [2.24, 2.45) is 0 Å². The Balaban J connectivity index is 2.50. The predicted octanol–water partition coefficient (Wildman–Crippen LogP) is 2.93. The Kier molecular flexibility index (Phi) is 5.29. The topological polar surface area (TPSA) is 46.2 Å². The van der Waals surface area contributed by atoms with Crippen LogP contribution in [0.3, 0.4) is 0 Å². The van der Waals surface area contributed by atoms with Gasteiger partial charge in [0.05, 0.1) is 0 Å². The van der Waals surface area contributed by atoms with Crippen LogP contribution in [0.4, 0.5) is 5.69 Å². The van der Waals surface area contributed by atoms with E-state index in [1.165, 1.54) is 0 Å². The number of hydrogen-bond donors (Lipinski definition) is 2. The Morgan fingerprint density at radius 3 is 2.87 bits per heavy atom. The molecule has 1 aromatic rings. The molecule has 0 spiro atoms. The molecule has 84 valence electrons. The number of hydrogen-bond acceptors (Lipinski definition) is 3. The Morgan fingerprint density at radius 2 is 2.27 bits per heavy atom. The van der Waals surface area contributed by atoms with Crippen LogP contribution in [0.25, 0.3) is 0 Å². The van der Waals surface area contributed by atoms with E-state index in [9.17, 15) is 0 Å². The minimum Gasteiger partial charge on any atom is -0.399 e. The van der Waals surface area contributed by atoms with Crippen molar-refractivity contribution in [3.05, 3.63) is 28.8 Å². The molecule has 0 radical (unpaired) electrons. The summed E-state index contributed by atoms with van der Waals surface area (Å²) in [6, 6.07) is 5.59. The number of anilines is 1. The van der Waals surface area contributed by atoms with E-state index < -0.39 is 0 Å². The molecule has 0 aliphatic rings. The highest BCUT2D eigenvalue weighted by Crippen LogP contribution is 2.26. The number of aliphatic hydroxyl groups is 1. The van der Waals surface area contributed by atoms with Crippen molar-refractivity contribution in [2.45, 2.75) is 24.3 Å². The molecule has 2 nitrogen and oxygen atoms in total. The van der Waals surface area contributed by atoms with Crippen molar-refractivity contribution in [3.8, 4) is 0 Å². The molecule has 1 unspecified atom stereocenters. The van der Waals surface area contributed by atoms with Gasteiger partial charge in [-0.05, 0) is 24.1 Å². The maximum absolute atomic E-state index is 8.77. The highest BCUT2D eigenvalue weighted by atomic mass is 35.5. The maximum atomic E-state index is 8.77. The van der Waals surface area contributed by atoms with E-state index in [2.05, 4.69) is 6.92 Å². The van der Waals surface area contributed by atoms with Crippen molar-refractivity contribution in [2.75, 3.05) is 12.3 Å². The van der Waals surface area contributed by atoms with Crippen LogP contribution in [0, 0.1) is 0 Å². The highest BCUT2D eigenvalue weighted by molar-refractivity contribution is 7.99. The Labute approximate surface area is 99.8 Å². The van der Waals surface area contributed by atoms with Gasteiger partial charge >= 0.3 is 0 Å². The largest absolute Gasteiger partial charge is 0.399 e. The minimum atomic E-state index is 0.240. The van der Waals surface area contributed by atoms with Gasteiger partial charge in [-0.15, -0.1) is 0 Å². The molecule has 0 saturated carbocycles. The minimum absolute atomic E-state index is 0.240. The summed E-state index contributed by atoms with van der Waals surface area (Å²) in [4.78, 5) is 0. The van der Waals surface area contributed by atoms with Crippen molar-refractivity contribution in [1.82, 2.24) is 0 Å². The molecule has 1 atom stereocenters. The second-order valence-electron chi connectivity index (χ2n) is 3.48. The van der Waals surface area contributed by atoms with Crippen molar-refractivity contribution in [1.29, 1.82) is 0 Å². The third-order valence-electron chi connectivity index (χ3n) is 2.14. The molecule has 0 amide bonds. The zero-order valence-corrected chi connectivity index (χ0v) is 10.3. The Bertz CT molecular complexity index is 319. The lowest BCUT2D eigenvalue weighted by Gasteiger charge is -2.10. The average molecular weight is 246 g/mol. The summed E-state index contributed by atoms with van der Waals surface area (Å²) < 4.78 is 0. The van der Waals surface area contributed by atoms with E-state index >= 15 is 0 Å². The SMILES string of the molecule is CC(CCO)SCc1ccc(N)cc1Cl. The number of nitrogen functional groups attached to an aromatic ring is 1. The first-order valence-electron chi connectivity index (χ1n) is 4.90. The maximum Gasteiger partial charge on any atom is 0.0466 e. The van der Waals surface area contributed by atoms with Gasteiger partial charge in [0.2, 0.25) is 0 Å². The second-order valence-corrected chi connectivity index (χ2v) is 5.32. The van der Waals surface area contributed by atoms with Crippen molar-refractivity contribution in [3.63, 3.8) is 0 Å². The van der Waals surface area contributed by atoms with Gasteiger partial charge in [-0.1, -0.05) is 24.6 Å². The highest BCUT2D eigenvalue weighted by Gasteiger charge is 2.05. The molecule has 1 rings (SSSR count). The number of nitrogens with two attached hydrogens (primary N) is 1. The van der Waals surface area contributed by atoms with Gasteiger partial charge in [-0.2, -0.15) is 11.8 Å². The molecule has 4 heteroatoms. The fraction of sp³-hybridized carbons (Fsp3) is 0.455. The fourth-order valence-electron chi connectivity index (χ4n) is 1.18. The molecule has 0 aliphatic heterocycles. The molecular weight excluding hydrogens is 230 g/mol. The molecule has 0 aromatic heterocycles. The lowest BCUT2D eigenvalue weighted by atomic mass is 10.2. The quantitative estimate of drug-likeness (QED) is 0.785. The van der Waals surface area contributed by atoms with Crippen LogP contribution in [0.5, 0.6) is 0 Å². The molecule has 0 aliphatic carbocycles. The first kappa shape index (κ1) is 12.7. The zero-order valence-electron chi connectivity index (χ0n) is 8.74. The van der Waals surface area contributed by atoms with Crippen LogP contribution < -0.4 is 5.73 Å².